The van der Waals surface area contributed by atoms with Gasteiger partial charge in [0, 0.05) is 24.1 Å². The van der Waals surface area contributed by atoms with E-state index >= 15 is 0 Å². The molecule has 0 aliphatic carbocycles. The van der Waals surface area contributed by atoms with Crippen molar-refractivity contribution in [3.8, 4) is 5.75 Å². The maximum absolute atomic E-state index is 13.4. The van der Waals surface area contributed by atoms with Gasteiger partial charge in [0.1, 0.15) is 11.6 Å². The van der Waals surface area contributed by atoms with Crippen LogP contribution in [0, 0.1) is 11.7 Å². The van der Waals surface area contributed by atoms with Gasteiger partial charge in [-0.25, -0.2) is 4.39 Å². The van der Waals surface area contributed by atoms with Gasteiger partial charge in [-0.2, -0.15) is 0 Å². The topological polar surface area (TPSA) is 38.5 Å². The molecule has 20 heavy (non-hydrogen) atoms. The summed E-state index contributed by atoms with van der Waals surface area (Å²) in [6, 6.07) is 4.51. The van der Waals surface area contributed by atoms with E-state index in [4.69, 9.17) is 10.5 Å². The summed E-state index contributed by atoms with van der Waals surface area (Å²) in [7, 11) is 0. The van der Waals surface area contributed by atoms with Crippen molar-refractivity contribution in [2.75, 3.05) is 26.2 Å². The maximum Gasteiger partial charge on any atom is 0.124 e. The van der Waals surface area contributed by atoms with Crippen LogP contribution < -0.4 is 10.5 Å². The summed E-state index contributed by atoms with van der Waals surface area (Å²) in [6.07, 6.45) is 5.21. The highest BCUT2D eigenvalue weighted by molar-refractivity contribution is 5.38. The minimum atomic E-state index is -0.238. The molecular formula is C16H23FN2O. The Morgan fingerprint density at radius 3 is 2.70 bits per heavy atom. The SMILES string of the molecule is NC1c2cc(F)ccc2OCC1CN1CCCCCC1. The number of ether oxygens (including phenoxy) is 1. The fourth-order valence-electron chi connectivity index (χ4n) is 3.28. The van der Waals surface area contributed by atoms with Crippen LogP contribution in [0.3, 0.4) is 0 Å². The molecule has 3 nitrogen and oxygen atoms in total. The number of halogens is 1. The van der Waals surface area contributed by atoms with E-state index in [2.05, 4.69) is 4.90 Å². The third kappa shape index (κ3) is 2.96. The molecule has 1 fully saturated rings. The lowest BCUT2D eigenvalue weighted by molar-refractivity contribution is 0.140. The summed E-state index contributed by atoms with van der Waals surface area (Å²) >= 11 is 0. The third-order valence-electron chi connectivity index (χ3n) is 4.48. The van der Waals surface area contributed by atoms with Crippen molar-refractivity contribution in [2.24, 2.45) is 11.7 Å². The molecule has 0 radical (unpaired) electrons. The number of nitrogens with two attached hydrogens (primary N) is 1. The Kier molecular flexibility index (Phi) is 4.22. The molecule has 1 saturated heterocycles. The number of nitrogens with zero attached hydrogens (tertiary/aromatic N) is 1. The standard InChI is InChI=1S/C16H23FN2O/c17-13-5-6-15-14(9-13)16(18)12(11-20-15)10-19-7-3-1-2-4-8-19/h5-6,9,12,16H,1-4,7-8,10-11,18H2. The second-order valence-corrected chi connectivity index (χ2v) is 5.99. The van der Waals surface area contributed by atoms with Crippen LogP contribution in [0.25, 0.3) is 0 Å². The van der Waals surface area contributed by atoms with Gasteiger partial charge in [-0.1, -0.05) is 12.8 Å². The van der Waals surface area contributed by atoms with Gasteiger partial charge in [0.25, 0.3) is 0 Å². The smallest absolute Gasteiger partial charge is 0.124 e. The van der Waals surface area contributed by atoms with Gasteiger partial charge < -0.3 is 15.4 Å². The van der Waals surface area contributed by atoms with Crippen molar-refractivity contribution in [2.45, 2.75) is 31.7 Å². The zero-order chi connectivity index (χ0) is 13.9. The van der Waals surface area contributed by atoms with Crippen molar-refractivity contribution >= 4 is 0 Å². The van der Waals surface area contributed by atoms with Gasteiger partial charge in [0.15, 0.2) is 0 Å². The molecule has 1 aromatic carbocycles. The number of rotatable bonds is 2. The quantitative estimate of drug-likeness (QED) is 0.904. The lowest BCUT2D eigenvalue weighted by atomic mass is 9.90. The van der Waals surface area contributed by atoms with Crippen molar-refractivity contribution in [1.82, 2.24) is 4.90 Å². The molecule has 1 aromatic rings. The average molecular weight is 278 g/mol. The maximum atomic E-state index is 13.4. The highest BCUT2D eigenvalue weighted by Crippen LogP contribution is 2.34. The number of hydrogen-bond donors (Lipinski definition) is 1. The monoisotopic (exact) mass is 278 g/mol. The van der Waals surface area contributed by atoms with Gasteiger partial charge in [-0.15, -0.1) is 0 Å². The lowest BCUT2D eigenvalue weighted by Crippen LogP contribution is -2.40. The minimum absolute atomic E-state index is 0.127. The normalized spacial score (nSPS) is 27.5. The molecule has 2 aliphatic heterocycles. The first kappa shape index (κ1) is 13.8. The fourth-order valence-corrected chi connectivity index (χ4v) is 3.28. The zero-order valence-corrected chi connectivity index (χ0v) is 11.9. The summed E-state index contributed by atoms with van der Waals surface area (Å²) < 4.78 is 19.1. The van der Waals surface area contributed by atoms with Gasteiger partial charge in [-0.3, -0.25) is 0 Å². The molecule has 110 valence electrons. The Morgan fingerprint density at radius 2 is 1.95 bits per heavy atom. The van der Waals surface area contributed by atoms with E-state index < -0.39 is 0 Å². The second kappa shape index (κ2) is 6.10. The van der Waals surface area contributed by atoms with Crippen LogP contribution in [-0.2, 0) is 0 Å². The van der Waals surface area contributed by atoms with Crippen LogP contribution >= 0.6 is 0 Å². The summed E-state index contributed by atoms with van der Waals surface area (Å²) in [5.41, 5.74) is 7.16. The first-order valence-corrected chi connectivity index (χ1v) is 7.64. The molecule has 2 atom stereocenters. The summed E-state index contributed by atoms with van der Waals surface area (Å²) in [4.78, 5) is 2.49. The largest absolute Gasteiger partial charge is 0.493 e. The van der Waals surface area contributed by atoms with E-state index in [9.17, 15) is 4.39 Å². The second-order valence-electron chi connectivity index (χ2n) is 5.99. The van der Waals surface area contributed by atoms with E-state index in [-0.39, 0.29) is 17.8 Å². The van der Waals surface area contributed by atoms with Crippen molar-refractivity contribution in [3.05, 3.63) is 29.6 Å². The summed E-state index contributed by atoms with van der Waals surface area (Å²) in [5.74, 6) is 0.756. The van der Waals surface area contributed by atoms with Gasteiger partial charge in [-0.05, 0) is 44.1 Å². The summed E-state index contributed by atoms with van der Waals surface area (Å²) in [5, 5.41) is 0. The average Bonchev–Trinajstić information content (AvgIpc) is 2.71. The first-order chi connectivity index (χ1) is 9.74. The Morgan fingerprint density at radius 1 is 1.20 bits per heavy atom. The molecule has 0 spiro atoms. The molecule has 0 amide bonds. The van der Waals surface area contributed by atoms with Gasteiger partial charge in [0.05, 0.1) is 6.61 Å². The molecule has 0 aromatic heterocycles. The minimum Gasteiger partial charge on any atom is -0.493 e. The molecule has 2 heterocycles. The predicted molar refractivity (Wildman–Crippen MR) is 77.2 cm³/mol. The number of benzene rings is 1. The van der Waals surface area contributed by atoms with Crippen LogP contribution in [0.4, 0.5) is 4.39 Å². The molecule has 2 unspecified atom stereocenters. The van der Waals surface area contributed by atoms with Crippen LogP contribution in [0.5, 0.6) is 5.75 Å². The van der Waals surface area contributed by atoms with Crippen LogP contribution in [0.2, 0.25) is 0 Å². The number of likely N-dealkylation sites (tertiary alicyclic amines) is 1. The summed E-state index contributed by atoms with van der Waals surface area (Å²) in [6.45, 7) is 3.89. The molecular weight excluding hydrogens is 255 g/mol. The number of hydrogen-bond acceptors (Lipinski definition) is 3. The van der Waals surface area contributed by atoms with Gasteiger partial charge in [0.2, 0.25) is 0 Å². The zero-order valence-electron chi connectivity index (χ0n) is 11.9. The Balaban J connectivity index is 1.69. The predicted octanol–water partition coefficient (Wildman–Crippen LogP) is 2.71. The molecule has 0 bridgehead atoms. The van der Waals surface area contributed by atoms with E-state index in [0.717, 1.165) is 30.9 Å². The molecule has 4 heteroatoms. The Bertz CT molecular complexity index is 458. The van der Waals surface area contributed by atoms with Crippen molar-refractivity contribution < 1.29 is 9.13 Å². The molecule has 2 N–H and O–H groups in total. The molecule has 0 saturated carbocycles. The first-order valence-electron chi connectivity index (χ1n) is 7.64. The molecule has 2 aliphatic rings. The van der Waals surface area contributed by atoms with Crippen LogP contribution in [-0.4, -0.2) is 31.1 Å². The molecule has 3 rings (SSSR count). The van der Waals surface area contributed by atoms with Crippen LogP contribution in [0.1, 0.15) is 37.3 Å². The van der Waals surface area contributed by atoms with Crippen molar-refractivity contribution in [3.63, 3.8) is 0 Å². The Hall–Kier alpha value is -1.13. The lowest BCUT2D eigenvalue weighted by Gasteiger charge is -2.34. The number of fused-ring (bicyclic) bond motifs is 1. The van der Waals surface area contributed by atoms with E-state index in [1.165, 1.54) is 37.8 Å². The van der Waals surface area contributed by atoms with E-state index in [0.29, 0.717) is 6.61 Å². The van der Waals surface area contributed by atoms with E-state index in [1.807, 2.05) is 0 Å². The van der Waals surface area contributed by atoms with E-state index in [1.54, 1.807) is 6.07 Å². The van der Waals surface area contributed by atoms with Crippen molar-refractivity contribution in [1.29, 1.82) is 0 Å². The fraction of sp³-hybridized carbons (Fsp3) is 0.625. The van der Waals surface area contributed by atoms with Crippen LogP contribution in [0.15, 0.2) is 18.2 Å². The highest BCUT2D eigenvalue weighted by atomic mass is 19.1. The highest BCUT2D eigenvalue weighted by Gasteiger charge is 2.30. The Labute approximate surface area is 119 Å². The third-order valence-corrected chi connectivity index (χ3v) is 4.48. The van der Waals surface area contributed by atoms with Gasteiger partial charge >= 0.3 is 0 Å².